The summed E-state index contributed by atoms with van der Waals surface area (Å²) in [6.07, 6.45) is 3.15. The number of benzene rings is 1. The molecule has 1 N–H and O–H groups in total. The van der Waals surface area contributed by atoms with E-state index in [-0.39, 0.29) is 5.92 Å². The summed E-state index contributed by atoms with van der Waals surface area (Å²) >= 11 is 0. The quantitative estimate of drug-likeness (QED) is 0.832. The maximum atomic E-state index is 12.4. The van der Waals surface area contributed by atoms with E-state index in [9.17, 15) is 13.2 Å². The number of carbonyl (C=O) groups is 1. The van der Waals surface area contributed by atoms with Gasteiger partial charge in [-0.15, -0.1) is 0 Å². The van der Waals surface area contributed by atoms with E-state index < -0.39 is 9.84 Å². The molecule has 0 aromatic heterocycles. The van der Waals surface area contributed by atoms with Crippen LogP contribution in [0.2, 0.25) is 0 Å². The fraction of sp³-hybridized carbons (Fsp3) is 0.611. The van der Waals surface area contributed by atoms with Gasteiger partial charge in [-0.1, -0.05) is 0 Å². The predicted molar refractivity (Wildman–Crippen MR) is 98.8 cm³/mol. The summed E-state index contributed by atoms with van der Waals surface area (Å²) in [6, 6.07) is 7.06. The number of piperazine rings is 1. The van der Waals surface area contributed by atoms with Gasteiger partial charge in [-0.3, -0.25) is 9.69 Å². The van der Waals surface area contributed by atoms with Crippen LogP contribution in [0.25, 0.3) is 0 Å². The third-order valence-corrected chi connectivity index (χ3v) is 6.30. The third kappa shape index (κ3) is 4.80. The molecule has 1 aromatic rings. The molecular weight excluding hydrogens is 338 g/mol. The van der Waals surface area contributed by atoms with Crippen molar-refractivity contribution in [1.82, 2.24) is 10.2 Å². The zero-order valence-corrected chi connectivity index (χ0v) is 15.6. The van der Waals surface area contributed by atoms with Gasteiger partial charge in [0, 0.05) is 44.0 Å². The van der Waals surface area contributed by atoms with Crippen molar-refractivity contribution < 1.29 is 13.2 Å². The second kappa shape index (κ2) is 7.85. The topological polar surface area (TPSA) is 69.7 Å². The predicted octanol–water partition coefficient (Wildman–Crippen LogP) is 0.781. The van der Waals surface area contributed by atoms with Gasteiger partial charge in [0.2, 0.25) is 0 Å². The molecule has 2 fully saturated rings. The lowest BCUT2D eigenvalue weighted by molar-refractivity contribution is -0.124. The zero-order valence-electron chi connectivity index (χ0n) is 14.8. The number of piperidine rings is 1. The Labute approximate surface area is 150 Å². The molecule has 2 aliphatic rings. The zero-order chi connectivity index (χ0) is 17.9. The van der Waals surface area contributed by atoms with E-state index in [1.807, 2.05) is 12.1 Å². The standard InChI is InChI=1S/C18H27N3O3S/c1-25(23,24)17-4-2-16(3-5-17)21-12-10-20(11-13-21)14-18(22)15-6-8-19-9-7-15/h2-5,15,19H,6-14H2,1H3. The summed E-state index contributed by atoms with van der Waals surface area (Å²) in [7, 11) is -3.15. The molecular formula is C18H27N3O3S. The summed E-state index contributed by atoms with van der Waals surface area (Å²) in [5.41, 5.74) is 1.04. The summed E-state index contributed by atoms with van der Waals surface area (Å²) in [5, 5.41) is 3.30. The Hall–Kier alpha value is -1.44. The van der Waals surface area contributed by atoms with Crippen molar-refractivity contribution >= 4 is 21.3 Å². The molecule has 25 heavy (non-hydrogen) atoms. The van der Waals surface area contributed by atoms with Crippen LogP contribution < -0.4 is 10.2 Å². The molecule has 138 valence electrons. The van der Waals surface area contributed by atoms with Gasteiger partial charge in [-0.2, -0.15) is 0 Å². The summed E-state index contributed by atoms with van der Waals surface area (Å²) in [4.78, 5) is 17.2. The largest absolute Gasteiger partial charge is 0.369 e. The van der Waals surface area contributed by atoms with E-state index in [2.05, 4.69) is 15.1 Å². The number of ketones is 1. The van der Waals surface area contributed by atoms with Gasteiger partial charge in [0.25, 0.3) is 0 Å². The molecule has 0 unspecified atom stereocenters. The van der Waals surface area contributed by atoms with Gasteiger partial charge in [0.1, 0.15) is 5.78 Å². The fourth-order valence-corrected chi connectivity index (χ4v) is 4.19. The smallest absolute Gasteiger partial charge is 0.175 e. The van der Waals surface area contributed by atoms with E-state index >= 15 is 0 Å². The lowest BCUT2D eigenvalue weighted by Crippen LogP contribution is -2.49. The summed E-state index contributed by atoms with van der Waals surface area (Å²) in [5.74, 6) is 0.607. The lowest BCUT2D eigenvalue weighted by Gasteiger charge is -2.36. The minimum Gasteiger partial charge on any atom is -0.369 e. The second-order valence-corrected chi connectivity index (χ2v) is 9.04. The van der Waals surface area contributed by atoms with Crippen LogP contribution in [0, 0.1) is 5.92 Å². The number of carbonyl (C=O) groups excluding carboxylic acids is 1. The minimum atomic E-state index is -3.15. The number of sulfone groups is 1. The number of hydrogen-bond donors (Lipinski definition) is 1. The number of rotatable bonds is 5. The normalized spacial score (nSPS) is 20.6. The molecule has 0 bridgehead atoms. The number of anilines is 1. The molecule has 0 saturated carbocycles. The maximum absolute atomic E-state index is 12.4. The molecule has 3 rings (SSSR count). The Kier molecular flexibility index (Phi) is 5.76. The molecule has 2 heterocycles. The first kappa shape index (κ1) is 18.4. The molecule has 0 atom stereocenters. The van der Waals surface area contributed by atoms with Crippen LogP contribution in [0.15, 0.2) is 29.2 Å². The third-order valence-electron chi connectivity index (χ3n) is 5.18. The van der Waals surface area contributed by atoms with Crippen LogP contribution in [-0.2, 0) is 14.6 Å². The Bertz CT molecular complexity index is 689. The Morgan fingerprint density at radius 1 is 1.08 bits per heavy atom. The molecule has 2 aliphatic heterocycles. The maximum Gasteiger partial charge on any atom is 0.175 e. The van der Waals surface area contributed by atoms with Crippen molar-refractivity contribution in [1.29, 1.82) is 0 Å². The molecule has 0 spiro atoms. The number of nitrogens with zero attached hydrogens (tertiary/aromatic N) is 2. The van der Waals surface area contributed by atoms with E-state index in [1.54, 1.807) is 12.1 Å². The first-order valence-electron chi connectivity index (χ1n) is 8.94. The van der Waals surface area contributed by atoms with E-state index in [0.29, 0.717) is 17.2 Å². The van der Waals surface area contributed by atoms with Crippen LogP contribution in [-0.4, -0.2) is 71.2 Å². The van der Waals surface area contributed by atoms with Gasteiger partial charge < -0.3 is 10.2 Å². The first-order valence-corrected chi connectivity index (χ1v) is 10.8. The fourth-order valence-electron chi connectivity index (χ4n) is 3.56. The van der Waals surface area contributed by atoms with Crippen molar-refractivity contribution in [3.05, 3.63) is 24.3 Å². The van der Waals surface area contributed by atoms with Gasteiger partial charge in [0.05, 0.1) is 11.4 Å². The Morgan fingerprint density at radius 3 is 2.24 bits per heavy atom. The Balaban J connectivity index is 1.50. The molecule has 7 heteroatoms. The van der Waals surface area contributed by atoms with Crippen molar-refractivity contribution in [2.45, 2.75) is 17.7 Å². The monoisotopic (exact) mass is 365 g/mol. The summed E-state index contributed by atoms with van der Waals surface area (Å²) in [6.45, 7) is 5.91. The first-order chi connectivity index (χ1) is 11.9. The van der Waals surface area contributed by atoms with Crippen LogP contribution >= 0.6 is 0 Å². The highest BCUT2D eigenvalue weighted by molar-refractivity contribution is 7.90. The average Bonchev–Trinajstić information content (AvgIpc) is 2.62. The second-order valence-electron chi connectivity index (χ2n) is 7.02. The Morgan fingerprint density at radius 2 is 1.68 bits per heavy atom. The van der Waals surface area contributed by atoms with Gasteiger partial charge in [0.15, 0.2) is 9.84 Å². The highest BCUT2D eigenvalue weighted by Crippen LogP contribution is 2.20. The van der Waals surface area contributed by atoms with Crippen molar-refractivity contribution in [2.24, 2.45) is 5.92 Å². The number of nitrogens with one attached hydrogen (secondary N) is 1. The SMILES string of the molecule is CS(=O)(=O)c1ccc(N2CCN(CC(=O)C3CCNCC3)CC2)cc1. The molecule has 0 amide bonds. The van der Waals surface area contributed by atoms with Gasteiger partial charge in [-0.05, 0) is 50.2 Å². The van der Waals surface area contributed by atoms with Gasteiger partial charge in [-0.25, -0.2) is 8.42 Å². The molecule has 1 aromatic carbocycles. The average molecular weight is 365 g/mol. The van der Waals surface area contributed by atoms with E-state index in [4.69, 9.17) is 0 Å². The van der Waals surface area contributed by atoms with Gasteiger partial charge >= 0.3 is 0 Å². The van der Waals surface area contributed by atoms with Crippen molar-refractivity contribution in [3.63, 3.8) is 0 Å². The number of Topliss-reactive ketones (excluding diaryl/α,β-unsaturated/α-hetero) is 1. The van der Waals surface area contributed by atoms with Crippen LogP contribution in [0.5, 0.6) is 0 Å². The lowest BCUT2D eigenvalue weighted by atomic mass is 9.93. The molecule has 2 saturated heterocycles. The van der Waals surface area contributed by atoms with Crippen LogP contribution in [0.1, 0.15) is 12.8 Å². The van der Waals surface area contributed by atoms with Crippen molar-refractivity contribution in [3.8, 4) is 0 Å². The van der Waals surface area contributed by atoms with E-state index in [1.165, 1.54) is 6.26 Å². The molecule has 6 nitrogen and oxygen atoms in total. The number of hydrogen-bond acceptors (Lipinski definition) is 6. The van der Waals surface area contributed by atoms with E-state index in [0.717, 1.165) is 57.8 Å². The highest BCUT2D eigenvalue weighted by Gasteiger charge is 2.25. The highest BCUT2D eigenvalue weighted by atomic mass is 32.2. The minimum absolute atomic E-state index is 0.225. The van der Waals surface area contributed by atoms with Crippen LogP contribution in [0.4, 0.5) is 5.69 Å². The summed E-state index contributed by atoms with van der Waals surface area (Å²) < 4.78 is 23.1. The van der Waals surface area contributed by atoms with Crippen LogP contribution in [0.3, 0.4) is 0 Å². The molecule has 0 radical (unpaired) electrons. The molecule has 0 aliphatic carbocycles. The van der Waals surface area contributed by atoms with Crippen molar-refractivity contribution in [2.75, 3.05) is 57.0 Å².